The van der Waals surface area contributed by atoms with Crippen molar-refractivity contribution in [1.29, 1.82) is 0 Å². The van der Waals surface area contributed by atoms with Crippen molar-refractivity contribution in [2.45, 2.75) is 96.1 Å². The summed E-state index contributed by atoms with van der Waals surface area (Å²) in [6.45, 7) is 7.95. The minimum atomic E-state index is -1.67. The molecule has 0 bridgehead atoms. The van der Waals surface area contributed by atoms with Crippen LogP contribution < -0.4 is 22.1 Å². The number of nitrogens with two attached hydrogens (primary N) is 2. The predicted octanol–water partition coefficient (Wildman–Crippen LogP) is 1.12. The number of aryl methyl sites for hydroxylation is 1. The van der Waals surface area contributed by atoms with Gasteiger partial charge in [-0.1, -0.05) is 62.1 Å². The first-order chi connectivity index (χ1) is 25.8. The van der Waals surface area contributed by atoms with Crippen molar-refractivity contribution in [3.05, 3.63) is 46.2 Å². The van der Waals surface area contributed by atoms with Crippen molar-refractivity contribution < 1.29 is 35.1 Å². The Labute approximate surface area is 324 Å². The Morgan fingerprint density at radius 3 is 2.33 bits per heavy atom. The number of hydrogen-bond donors (Lipinski definition) is 9. The zero-order valence-electron chi connectivity index (χ0n) is 31.9. The van der Waals surface area contributed by atoms with E-state index in [2.05, 4.69) is 46.6 Å². The largest absolute Gasteiger partial charge is 0.394 e. The van der Waals surface area contributed by atoms with Crippen molar-refractivity contribution in [3.63, 3.8) is 0 Å². The van der Waals surface area contributed by atoms with Gasteiger partial charge in [0.25, 0.3) is 5.91 Å². The van der Waals surface area contributed by atoms with Crippen LogP contribution >= 0.6 is 11.6 Å². The molecule has 54 heavy (non-hydrogen) atoms. The Balaban J connectivity index is 1.46. The number of amides is 2. The third-order valence-electron chi connectivity index (χ3n) is 10.2. The third kappa shape index (κ3) is 14.8. The fourth-order valence-corrected chi connectivity index (χ4v) is 6.91. The van der Waals surface area contributed by atoms with E-state index < -0.39 is 36.9 Å². The monoisotopic (exact) mass is 778 g/mol. The smallest absolute Gasteiger partial charge is 0.273 e. The fraction of sp³-hybridized carbons (Fsp3) is 0.684. The number of benzene rings is 1. The molecule has 15 nitrogen and oxygen atoms in total. The highest BCUT2D eigenvalue weighted by atomic mass is 35.5. The number of aliphatic hydroxyl groups is 5. The minimum Gasteiger partial charge on any atom is -0.394 e. The van der Waals surface area contributed by atoms with E-state index in [9.17, 15) is 30.0 Å². The van der Waals surface area contributed by atoms with E-state index in [1.54, 1.807) is 0 Å². The molecule has 2 aromatic rings. The van der Waals surface area contributed by atoms with Gasteiger partial charge in [0.15, 0.2) is 22.5 Å². The molecule has 1 aliphatic rings. The summed E-state index contributed by atoms with van der Waals surface area (Å²) in [6, 6.07) is 8.18. The molecule has 16 heteroatoms. The Hall–Kier alpha value is -3.15. The van der Waals surface area contributed by atoms with Crippen LogP contribution in [0.4, 0.5) is 11.6 Å². The molecule has 11 N–H and O–H groups in total. The van der Waals surface area contributed by atoms with Crippen molar-refractivity contribution in [2.75, 3.05) is 70.4 Å². The molecule has 1 saturated heterocycles. The summed E-state index contributed by atoms with van der Waals surface area (Å²) in [5, 5.41) is 56.2. The molecule has 3 rings (SSSR count). The second kappa shape index (κ2) is 23.7. The molecule has 0 aliphatic carbocycles. The van der Waals surface area contributed by atoms with E-state index in [0.29, 0.717) is 58.0 Å². The molecule has 2 heterocycles. The van der Waals surface area contributed by atoms with E-state index in [1.807, 2.05) is 21.9 Å². The van der Waals surface area contributed by atoms with Gasteiger partial charge < -0.3 is 57.4 Å². The first kappa shape index (κ1) is 45.2. The highest BCUT2D eigenvalue weighted by molar-refractivity contribution is 6.31. The molecule has 304 valence electrons. The molecule has 2 amide bonds. The van der Waals surface area contributed by atoms with Gasteiger partial charge in [-0.15, -0.1) is 0 Å². The maximum Gasteiger partial charge on any atom is 0.273 e. The summed E-state index contributed by atoms with van der Waals surface area (Å²) in [5.41, 5.74) is 13.9. The van der Waals surface area contributed by atoms with Crippen LogP contribution in [0.1, 0.15) is 79.9 Å². The van der Waals surface area contributed by atoms with Gasteiger partial charge >= 0.3 is 0 Å². The number of aliphatic hydroxyl groups excluding tert-OH is 5. The molecule has 0 spiro atoms. The van der Waals surface area contributed by atoms with Crippen LogP contribution in [0, 0.1) is 18.8 Å². The minimum absolute atomic E-state index is 0.0369. The number of carbonyl (C=O) groups is 2. The van der Waals surface area contributed by atoms with Crippen LogP contribution in [0.15, 0.2) is 24.3 Å². The van der Waals surface area contributed by atoms with Crippen molar-refractivity contribution in [3.8, 4) is 0 Å². The van der Waals surface area contributed by atoms with Crippen LogP contribution in [0.2, 0.25) is 5.15 Å². The molecule has 0 radical (unpaired) electrons. The van der Waals surface area contributed by atoms with Crippen LogP contribution in [0.25, 0.3) is 0 Å². The number of nitrogens with zero attached hydrogens (tertiary/aromatic N) is 4. The SMILES string of the molecule is CCCCCCN(CCCC(=O)N1CCC(CNCC(CNC(=O)c2nc(Cl)c(N)nc2N)Cc2ccccc2C)CC1)C[C@H](O)[C@@H](O)[C@H](O)[C@H](O)CO. The molecule has 1 aliphatic heterocycles. The van der Waals surface area contributed by atoms with E-state index in [1.165, 1.54) is 11.1 Å². The zero-order valence-corrected chi connectivity index (χ0v) is 32.6. The average molecular weight is 779 g/mol. The standard InChI is InChI=1S/C38H63ClN8O7/c1-3-4-5-8-15-46(23-29(49)33(52)34(53)30(50)24-48)16-9-12-31(51)47-17-13-26(14-18-47)20-42-21-27(19-28-11-7-6-10-25(28)2)22-43-38(54)32-36(40)45-37(41)35(39)44-32/h6-7,10-11,26-27,29-30,33-34,42,48-50,52-53H,3-5,8-9,12-24H2,1-2H3,(H,43,54)(H4,40,41,45)/t27?,29-,30+,33+,34+/m0/s1. The molecule has 1 unspecified atom stereocenters. The Morgan fingerprint density at radius 2 is 1.65 bits per heavy atom. The molecule has 5 atom stereocenters. The van der Waals surface area contributed by atoms with Gasteiger partial charge in [0.05, 0.1) is 12.7 Å². The number of likely N-dealkylation sites (tertiary alicyclic amines) is 1. The lowest BCUT2D eigenvalue weighted by atomic mass is 9.94. The Morgan fingerprint density at radius 1 is 0.963 bits per heavy atom. The van der Waals surface area contributed by atoms with Gasteiger partial charge in [-0.05, 0) is 88.2 Å². The van der Waals surface area contributed by atoms with Gasteiger partial charge in [-0.2, -0.15) is 0 Å². The molecule has 1 aromatic carbocycles. The highest BCUT2D eigenvalue weighted by Crippen LogP contribution is 2.20. The lowest BCUT2D eigenvalue weighted by molar-refractivity contribution is -0.132. The summed E-state index contributed by atoms with van der Waals surface area (Å²) in [4.78, 5) is 37.9. The fourth-order valence-electron chi connectivity index (χ4n) is 6.78. The number of anilines is 2. The maximum atomic E-state index is 13.2. The summed E-state index contributed by atoms with van der Waals surface area (Å²) in [6.07, 6.45) is 1.39. The normalized spacial score (nSPS) is 16.6. The molecule has 1 fully saturated rings. The van der Waals surface area contributed by atoms with E-state index >= 15 is 0 Å². The third-order valence-corrected chi connectivity index (χ3v) is 10.5. The van der Waals surface area contributed by atoms with Crippen LogP contribution in [-0.2, 0) is 11.2 Å². The second-order valence-electron chi connectivity index (χ2n) is 14.6. The zero-order chi connectivity index (χ0) is 39.6. The number of aromatic nitrogens is 2. The Bertz CT molecular complexity index is 1430. The molecule has 0 saturated carbocycles. The highest BCUT2D eigenvalue weighted by Gasteiger charge is 2.31. The molecular formula is C38H63ClN8O7. The first-order valence-electron chi connectivity index (χ1n) is 19.3. The van der Waals surface area contributed by atoms with E-state index in [-0.39, 0.29) is 40.9 Å². The quantitative estimate of drug-likeness (QED) is 0.0680. The summed E-state index contributed by atoms with van der Waals surface area (Å²) in [7, 11) is 0. The van der Waals surface area contributed by atoms with Crippen LogP contribution in [0.5, 0.6) is 0 Å². The van der Waals surface area contributed by atoms with Gasteiger partial charge in [-0.25, -0.2) is 9.97 Å². The van der Waals surface area contributed by atoms with Gasteiger partial charge in [0.2, 0.25) is 5.91 Å². The van der Waals surface area contributed by atoms with Crippen molar-refractivity contribution >= 4 is 35.1 Å². The number of rotatable bonds is 24. The molecular weight excluding hydrogens is 716 g/mol. The number of nitrogens with one attached hydrogen (secondary N) is 2. The van der Waals surface area contributed by atoms with Crippen molar-refractivity contribution in [2.24, 2.45) is 11.8 Å². The summed E-state index contributed by atoms with van der Waals surface area (Å²) < 4.78 is 0. The number of carbonyl (C=O) groups excluding carboxylic acids is 2. The summed E-state index contributed by atoms with van der Waals surface area (Å²) >= 11 is 5.99. The Kier molecular flexibility index (Phi) is 19.9. The van der Waals surface area contributed by atoms with Crippen LogP contribution in [0.3, 0.4) is 0 Å². The van der Waals surface area contributed by atoms with Crippen molar-refractivity contribution in [1.82, 2.24) is 30.4 Å². The van der Waals surface area contributed by atoms with E-state index in [0.717, 1.165) is 51.5 Å². The number of piperidine rings is 1. The topological polar surface area (TPSA) is 244 Å². The predicted molar refractivity (Wildman–Crippen MR) is 210 cm³/mol. The second-order valence-corrected chi connectivity index (χ2v) is 14.9. The maximum absolute atomic E-state index is 13.2. The average Bonchev–Trinajstić information content (AvgIpc) is 3.16. The van der Waals surface area contributed by atoms with Gasteiger partial charge in [0.1, 0.15) is 18.3 Å². The van der Waals surface area contributed by atoms with Gasteiger partial charge in [0, 0.05) is 32.6 Å². The van der Waals surface area contributed by atoms with E-state index in [4.69, 9.17) is 28.2 Å². The lowest BCUT2D eigenvalue weighted by Gasteiger charge is -2.33. The number of unbranched alkanes of at least 4 members (excludes halogenated alkanes) is 3. The first-order valence-corrected chi connectivity index (χ1v) is 19.7. The number of nitrogen functional groups attached to an aromatic ring is 2. The molecule has 1 aromatic heterocycles. The number of hydrogen-bond acceptors (Lipinski definition) is 13. The lowest BCUT2D eigenvalue weighted by Crippen LogP contribution is -2.50. The summed E-state index contributed by atoms with van der Waals surface area (Å²) in [5.74, 6) is -0.0250. The van der Waals surface area contributed by atoms with Crippen LogP contribution in [-0.4, -0.2) is 140 Å². The number of halogens is 1. The van der Waals surface area contributed by atoms with Gasteiger partial charge in [-0.3, -0.25) is 9.59 Å².